The maximum atomic E-state index is 13.5. The van der Waals surface area contributed by atoms with Crippen LogP contribution in [0, 0.1) is 5.82 Å². The smallest absolute Gasteiger partial charge is 0.390 e. The molecular weight excluding hydrogens is 512 g/mol. The first-order chi connectivity index (χ1) is 17.4. The first-order valence-electron chi connectivity index (χ1n) is 11.1. The van der Waals surface area contributed by atoms with E-state index in [9.17, 15) is 30.8 Å². The minimum absolute atomic E-state index is 0.0340. The number of hydrogen-bond donors (Lipinski definition) is 1. The highest BCUT2D eigenvalue weighted by Crippen LogP contribution is 2.42. The Morgan fingerprint density at radius 2 is 1.65 bits per heavy atom. The van der Waals surface area contributed by atoms with Crippen LogP contribution in [-0.2, 0) is 10.0 Å². The van der Waals surface area contributed by atoms with Gasteiger partial charge in [0.2, 0.25) is 10.0 Å². The average Bonchev–Trinajstić information content (AvgIpc) is 3.21. The summed E-state index contributed by atoms with van der Waals surface area (Å²) in [7, 11) is -2.73. The number of carbonyl (C=O) groups is 1. The van der Waals surface area contributed by atoms with E-state index >= 15 is 0 Å². The molecule has 0 fully saturated rings. The molecule has 11 heteroatoms. The second kappa shape index (κ2) is 9.89. The van der Waals surface area contributed by atoms with Crippen LogP contribution in [0.3, 0.4) is 0 Å². The van der Waals surface area contributed by atoms with E-state index in [1.54, 1.807) is 30.3 Å². The quantitative estimate of drug-likeness (QED) is 0.296. The molecular formula is C26H22F4N2O4S. The summed E-state index contributed by atoms with van der Waals surface area (Å²) < 4.78 is 84.8. The topological polar surface area (TPSA) is 79.6 Å². The fraction of sp³-hybridized carbons (Fsp3) is 0.192. The van der Waals surface area contributed by atoms with E-state index in [-0.39, 0.29) is 28.2 Å². The average molecular weight is 535 g/mol. The van der Waals surface area contributed by atoms with Crippen LogP contribution in [0.4, 0.5) is 23.2 Å². The van der Waals surface area contributed by atoms with Gasteiger partial charge in [-0.3, -0.25) is 9.10 Å². The molecule has 0 unspecified atom stereocenters. The Morgan fingerprint density at radius 1 is 1.00 bits per heavy atom. The van der Waals surface area contributed by atoms with Gasteiger partial charge in [0.15, 0.2) is 0 Å². The van der Waals surface area contributed by atoms with Crippen molar-refractivity contribution < 1.29 is 35.2 Å². The van der Waals surface area contributed by atoms with Crippen LogP contribution in [-0.4, -0.2) is 40.3 Å². The number of amides is 1. The summed E-state index contributed by atoms with van der Waals surface area (Å²) in [5, 5.41) is 2.85. The monoisotopic (exact) mass is 534 g/mol. The Hall–Kier alpha value is -3.86. The van der Waals surface area contributed by atoms with Gasteiger partial charge in [0.05, 0.1) is 23.9 Å². The maximum absolute atomic E-state index is 13.5. The Balaban J connectivity index is 2.04. The number of carbonyl (C=O) groups excluding carboxylic acids is 1. The van der Waals surface area contributed by atoms with Gasteiger partial charge < -0.3 is 9.73 Å². The third-order valence-electron chi connectivity index (χ3n) is 5.72. The van der Waals surface area contributed by atoms with Gasteiger partial charge >= 0.3 is 6.18 Å². The predicted molar refractivity (Wildman–Crippen MR) is 133 cm³/mol. The molecule has 4 rings (SSSR count). The number of benzene rings is 3. The molecule has 4 aromatic rings. The van der Waals surface area contributed by atoms with Crippen molar-refractivity contribution in [2.75, 3.05) is 24.2 Å². The highest BCUT2D eigenvalue weighted by atomic mass is 32.2. The van der Waals surface area contributed by atoms with Crippen LogP contribution >= 0.6 is 0 Å². The van der Waals surface area contributed by atoms with Gasteiger partial charge in [-0.1, -0.05) is 30.3 Å². The maximum Gasteiger partial charge on any atom is 0.390 e. The number of hydrogen-bond acceptors (Lipinski definition) is 4. The van der Waals surface area contributed by atoms with Gasteiger partial charge in [0, 0.05) is 36.2 Å². The molecule has 1 aromatic heterocycles. The van der Waals surface area contributed by atoms with Gasteiger partial charge in [0.1, 0.15) is 17.2 Å². The number of fused-ring (bicyclic) bond motifs is 1. The highest BCUT2D eigenvalue weighted by molar-refractivity contribution is 7.92. The number of anilines is 1. The molecule has 0 atom stereocenters. The summed E-state index contributed by atoms with van der Waals surface area (Å²) in [4.78, 5) is 12.9. The standard InChI is InChI=1S/C26H22F4N2O4S/c1-31-25(33)23-20-14-19(16-6-4-3-5-7-16)21(32(37(2,34)35)13-12-26(28,29)30)15-22(20)36-24(23)17-8-10-18(27)11-9-17/h3-11,14-15H,12-13H2,1-2H3,(H,31,33). The minimum Gasteiger partial charge on any atom is -0.455 e. The molecule has 3 aromatic carbocycles. The molecule has 1 amide bonds. The van der Waals surface area contributed by atoms with Gasteiger partial charge in [-0.2, -0.15) is 13.2 Å². The number of furan rings is 1. The van der Waals surface area contributed by atoms with Crippen LogP contribution in [0.25, 0.3) is 33.4 Å². The normalized spacial score (nSPS) is 12.1. The van der Waals surface area contributed by atoms with Crippen LogP contribution in [0.15, 0.2) is 71.1 Å². The molecule has 0 saturated heterocycles. The van der Waals surface area contributed by atoms with Gasteiger partial charge in [0.25, 0.3) is 5.91 Å². The summed E-state index contributed by atoms with van der Waals surface area (Å²) in [6.07, 6.45) is -5.13. The Labute approximate surface area is 210 Å². The fourth-order valence-electron chi connectivity index (χ4n) is 4.04. The number of nitrogens with zero attached hydrogens (tertiary/aromatic N) is 1. The molecule has 0 spiro atoms. The Bertz CT molecular complexity index is 1550. The summed E-state index contributed by atoms with van der Waals surface area (Å²) >= 11 is 0. The number of sulfonamides is 1. The molecule has 0 radical (unpaired) electrons. The van der Waals surface area contributed by atoms with Crippen LogP contribution < -0.4 is 9.62 Å². The van der Waals surface area contributed by atoms with E-state index in [1.165, 1.54) is 43.4 Å². The highest BCUT2D eigenvalue weighted by Gasteiger charge is 2.32. The zero-order chi connectivity index (χ0) is 27.0. The number of nitrogens with one attached hydrogen (secondary N) is 1. The molecule has 194 valence electrons. The van der Waals surface area contributed by atoms with Crippen LogP contribution in [0.1, 0.15) is 16.8 Å². The molecule has 0 bridgehead atoms. The molecule has 0 saturated carbocycles. The van der Waals surface area contributed by atoms with Crippen molar-refractivity contribution in [3.63, 3.8) is 0 Å². The lowest BCUT2D eigenvalue weighted by Crippen LogP contribution is -2.33. The van der Waals surface area contributed by atoms with Crippen molar-refractivity contribution in [1.82, 2.24) is 5.32 Å². The lowest BCUT2D eigenvalue weighted by molar-refractivity contribution is -0.131. The van der Waals surface area contributed by atoms with E-state index in [2.05, 4.69) is 5.32 Å². The summed E-state index contributed by atoms with van der Waals surface area (Å²) in [6.45, 7) is -0.846. The zero-order valence-corrected chi connectivity index (χ0v) is 20.6. The molecule has 0 aliphatic carbocycles. The van der Waals surface area contributed by atoms with Gasteiger partial charge in [-0.05, 0) is 35.9 Å². The SMILES string of the molecule is CNC(=O)c1c(-c2ccc(F)cc2)oc2cc(N(CCC(F)(F)F)S(C)(=O)=O)c(-c3ccccc3)cc12. The Morgan fingerprint density at radius 3 is 2.22 bits per heavy atom. The lowest BCUT2D eigenvalue weighted by Gasteiger charge is -2.25. The molecule has 6 nitrogen and oxygen atoms in total. The van der Waals surface area contributed by atoms with Crippen LogP contribution in [0.2, 0.25) is 0 Å². The van der Waals surface area contributed by atoms with Crippen molar-refractivity contribution >= 4 is 32.6 Å². The predicted octanol–water partition coefficient (Wildman–Crippen LogP) is 5.98. The van der Waals surface area contributed by atoms with Crippen molar-refractivity contribution in [3.05, 3.63) is 78.1 Å². The third kappa shape index (κ3) is 5.61. The van der Waals surface area contributed by atoms with Crippen molar-refractivity contribution in [1.29, 1.82) is 0 Å². The molecule has 0 aliphatic heterocycles. The van der Waals surface area contributed by atoms with E-state index in [0.717, 1.165) is 6.26 Å². The third-order valence-corrected chi connectivity index (χ3v) is 6.90. The molecule has 1 N–H and O–H groups in total. The summed E-state index contributed by atoms with van der Waals surface area (Å²) in [6, 6.07) is 16.5. The van der Waals surface area contributed by atoms with Gasteiger partial charge in [-0.15, -0.1) is 0 Å². The fourth-order valence-corrected chi connectivity index (χ4v) is 4.97. The van der Waals surface area contributed by atoms with E-state index in [1.807, 2.05) is 0 Å². The lowest BCUT2D eigenvalue weighted by atomic mass is 9.98. The largest absolute Gasteiger partial charge is 0.455 e. The second-order valence-electron chi connectivity index (χ2n) is 8.32. The second-order valence-corrected chi connectivity index (χ2v) is 10.2. The molecule has 0 aliphatic rings. The van der Waals surface area contributed by atoms with Crippen LogP contribution in [0.5, 0.6) is 0 Å². The first kappa shape index (κ1) is 26.2. The van der Waals surface area contributed by atoms with Crippen molar-refractivity contribution in [3.8, 4) is 22.5 Å². The van der Waals surface area contributed by atoms with E-state index < -0.39 is 40.9 Å². The van der Waals surface area contributed by atoms with E-state index in [0.29, 0.717) is 20.8 Å². The summed E-state index contributed by atoms with van der Waals surface area (Å²) in [5.41, 5.74) is 1.36. The van der Waals surface area contributed by atoms with Crippen molar-refractivity contribution in [2.24, 2.45) is 0 Å². The number of rotatable bonds is 7. The minimum atomic E-state index is -4.59. The van der Waals surface area contributed by atoms with E-state index in [4.69, 9.17) is 4.42 Å². The molecule has 37 heavy (non-hydrogen) atoms. The number of alkyl halides is 3. The Kier molecular flexibility index (Phi) is 7.00. The number of halogens is 4. The zero-order valence-electron chi connectivity index (χ0n) is 19.8. The van der Waals surface area contributed by atoms with Crippen molar-refractivity contribution in [2.45, 2.75) is 12.6 Å². The van der Waals surface area contributed by atoms with Gasteiger partial charge in [-0.25, -0.2) is 12.8 Å². The summed E-state index contributed by atoms with van der Waals surface area (Å²) in [5.74, 6) is -0.906. The molecule has 1 heterocycles. The first-order valence-corrected chi connectivity index (χ1v) is 12.9.